The van der Waals surface area contributed by atoms with Crippen LogP contribution in [-0.2, 0) is 20.4 Å². The lowest BCUT2D eigenvalue weighted by molar-refractivity contribution is -0.386. The SMILES string of the molecule is COC(=O)C(C)(C)c1ccc([N+](=O)[O-])c(C(C)(C)C)c1O. The van der Waals surface area contributed by atoms with Crippen LogP contribution in [0.1, 0.15) is 45.7 Å². The van der Waals surface area contributed by atoms with Crippen molar-refractivity contribution >= 4 is 11.7 Å². The number of esters is 1. The van der Waals surface area contributed by atoms with Gasteiger partial charge in [0.2, 0.25) is 0 Å². The summed E-state index contributed by atoms with van der Waals surface area (Å²) in [6.45, 7) is 8.51. The zero-order valence-electron chi connectivity index (χ0n) is 13.2. The first-order valence-corrected chi connectivity index (χ1v) is 6.54. The lowest BCUT2D eigenvalue weighted by Gasteiger charge is -2.27. The molecule has 116 valence electrons. The Bertz CT molecular complexity index is 584. The van der Waals surface area contributed by atoms with Gasteiger partial charge in [-0.2, -0.15) is 0 Å². The molecule has 0 saturated carbocycles. The highest BCUT2D eigenvalue weighted by Crippen LogP contribution is 2.44. The highest BCUT2D eigenvalue weighted by molar-refractivity contribution is 5.83. The van der Waals surface area contributed by atoms with E-state index in [0.717, 1.165) is 0 Å². The molecular weight excluding hydrogens is 274 g/mol. The molecule has 0 heterocycles. The van der Waals surface area contributed by atoms with Crippen molar-refractivity contribution in [3.8, 4) is 5.75 Å². The van der Waals surface area contributed by atoms with Gasteiger partial charge in [0.15, 0.2) is 0 Å². The Morgan fingerprint density at radius 2 is 1.76 bits per heavy atom. The molecule has 1 N–H and O–H groups in total. The number of nitro groups is 1. The van der Waals surface area contributed by atoms with Gasteiger partial charge in [0.05, 0.1) is 23.0 Å². The number of phenolic OH excluding ortho intramolecular Hbond substituents is 1. The number of nitro benzene ring substituents is 1. The minimum absolute atomic E-state index is 0.163. The average molecular weight is 295 g/mol. The first-order valence-electron chi connectivity index (χ1n) is 6.54. The maximum Gasteiger partial charge on any atom is 0.315 e. The number of carbonyl (C=O) groups is 1. The van der Waals surface area contributed by atoms with Crippen LogP contribution < -0.4 is 0 Å². The molecule has 0 aliphatic heterocycles. The number of carbonyl (C=O) groups excluding carboxylic acids is 1. The Balaban J connectivity index is 3.68. The third-order valence-electron chi connectivity index (χ3n) is 3.47. The molecule has 0 aromatic heterocycles. The standard InChI is InChI=1S/C15H21NO5/c1-14(2,3)11-10(16(19)20)8-7-9(12(11)17)15(4,5)13(18)21-6/h7-8,17H,1-6H3. The second-order valence-corrected chi connectivity index (χ2v) is 6.48. The van der Waals surface area contributed by atoms with E-state index < -0.39 is 21.7 Å². The van der Waals surface area contributed by atoms with Gasteiger partial charge in [0.1, 0.15) is 5.75 Å². The van der Waals surface area contributed by atoms with Crippen LogP contribution in [0.5, 0.6) is 5.75 Å². The summed E-state index contributed by atoms with van der Waals surface area (Å²) < 4.78 is 4.74. The number of methoxy groups -OCH3 is 1. The van der Waals surface area contributed by atoms with Crippen molar-refractivity contribution in [2.24, 2.45) is 0 Å². The molecule has 0 spiro atoms. The molecule has 21 heavy (non-hydrogen) atoms. The molecule has 1 aromatic rings. The van der Waals surface area contributed by atoms with Crippen molar-refractivity contribution in [3.63, 3.8) is 0 Å². The van der Waals surface area contributed by atoms with Gasteiger partial charge in [0.25, 0.3) is 5.69 Å². The van der Waals surface area contributed by atoms with Crippen molar-refractivity contribution in [2.45, 2.75) is 45.4 Å². The zero-order chi connectivity index (χ0) is 16.6. The third kappa shape index (κ3) is 2.99. The van der Waals surface area contributed by atoms with E-state index in [-0.39, 0.29) is 17.0 Å². The Morgan fingerprint density at radius 3 is 2.14 bits per heavy atom. The van der Waals surface area contributed by atoms with Crippen molar-refractivity contribution in [2.75, 3.05) is 7.11 Å². The van der Waals surface area contributed by atoms with Crippen molar-refractivity contribution in [1.29, 1.82) is 0 Å². The number of rotatable bonds is 3. The van der Waals surface area contributed by atoms with E-state index in [1.165, 1.54) is 19.2 Å². The molecule has 0 atom stereocenters. The smallest absolute Gasteiger partial charge is 0.315 e. The number of hydrogen-bond acceptors (Lipinski definition) is 5. The second kappa shape index (κ2) is 5.35. The van der Waals surface area contributed by atoms with Crippen molar-refractivity contribution in [3.05, 3.63) is 33.4 Å². The number of nitrogens with zero attached hydrogens (tertiary/aromatic N) is 1. The normalized spacial score (nSPS) is 12.1. The molecule has 0 unspecified atom stereocenters. The van der Waals surface area contributed by atoms with Crippen LogP contribution in [0.15, 0.2) is 12.1 Å². The summed E-state index contributed by atoms with van der Waals surface area (Å²) in [6.07, 6.45) is 0. The molecule has 0 radical (unpaired) electrons. The maximum atomic E-state index is 11.9. The number of aromatic hydroxyl groups is 1. The van der Waals surface area contributed by atoms with Crippen LogP contribution in [0, 0.1) is 10.1 Å². The van der Waals surface area contributed by atoms with E-state index in [2.05, 4.69) is 0 Å². The molecule has 0 bridgehead atoms. The number of hydrogen-bond donors (Lipinski definition) is 1. The van der Waals surface area contributed by atoms with Crippen LogP contribution in [-0.4, -0.2) is 23.1 Å². The van der Waals surface area contributed by atoms with E-state index in [0.29, 0.717) is 5.56 Å². The lowest BCUT2D eigenvalue weighted by atomic mass is 9.78. The van der Waals surface area contributed by atoms with Gasteiger partial charge >= 0.3 is 5.97 Å². The summed E-state index contributed by atoms with van der Waals surface area (Å²) in [5.41, 5.74) is -1.39. The van der Waals surface area contributed by atoms with E-state index in [1.807, 2.05) is 0 Å². The predicted octanol–water partition coefficient (Wildman–Crippen LogP) is 3.05. The van der Waals surface area contributed by atoms with Gasteiger partial charge in [-0.15, -0.1) is 0 Å². The Morgan fingerprint density at radius 1 is 1.24 bits per heavy atom. The summed E-state index contributed by atoms with van der Waals surface area (Å²) in [7, 11) is 1.26. The summed E-state index contributed by atoms with van der Waals surface area (Å²) in [5.74, 6) is -0.751. The molecular formula is C15H21NO5. The highest BCUT2D eigenvalue weighted by Gasteiger charge is 2.38. The molecule has 0 aliphatic rings. The van der Waals surface area contributed by atoms with Gasteiger partial charge in [0, 0.05) is 11.6 Å². The van der Waals surface area contributed by atoms with Gasteiger partial charge in [-0.3, -0.25) is 14.9 Å². The largest absolute Gasteiger partial charge is 0.507 e. The van der Waals surface area contributed by atoms with Crippen LogP contribution in [0.3, 0.4) is 0 Å². The van der Waals surface area contributed by atoms with Gasteiger partial charge < -0.3 is 9.84 Å². The van der Waals surface area contributed by atoms with E-state index in [1.54, 1.807) is 34.6 Å². The fourth-order valence-corrected chi connectivity index (χ4v) is 2.34. The number of phenols is 1. The first kappa shape index (κ1) is 16.9. The fraction of sp³-hybridized carbons (Fsp3) is 0.533. The highest BCUT2D eigenvalue weighted by atomic mass is 16.6. The third-order valence-corrected chi connectivity index (χ3v) is 3.47. The first-order chi connectivity index (χ1) is 9.44. The van der Waals surface area contributed by atoms with E-state index in [4.69, 9.17) is 4.74 Å². The molecule has 0 fully saturated rings. The Kier molecular flexibility index (Phi) is 4.32. The molecule has 0 saturated heterocycles. The van der Waals surface area contributed by atoms with Crippen LogP contribution in [0.4, 0.5) is 5.69 Å². The Hall–Kier alpha value is -2.11. The summed E-state index contributed by atoms with van der Waals surface area (Å²) in [5, 5.41) is 21.7. The lowest BCUT2D eigenvalue weighted by Crippen LogP contribution is -2.31. The van der Waals surface area contributed by atoms with Crippen LogP contribution in [0.2, 0.25) is 0 Å². The molecule has 1 rings (SSSR count). The minimum Gasteiger partial charge on any atom is -0.507 e. The fourth-order valence-electron chi connectivity index (χ4n) is 2.34. The van der Waals surface area contributed by atoms with Gasteiger partial charge in [-0.05, 0) is 25.3 Å². The maximum absolute atomic E-state index is 11.9. The van der Waals surface area contributed by atoms with Gasteiger partial charge in [-0.25, -0.2) is 0 Å². The summed E-state index contributed by atoms with van der Waals surface area (Å²) in [4.78, 5) is 22.5. The quantitative estimate of drug-likeness (QED) is 0.526. The molecule has 0 amide bonds. The Labute approximate surface area is 123 Å². The monoisotopic (exact) mass is 295 g/mol. The second-order valence-electron chi connectivity index (χ2n) is 6.48. The molecule has 6 heteroatoms. The van der Waals surface area contributed by atoms with Crippen LogP contribution >= 0.6 is 0 Å². The van der Waals surface area contributed by atoms with Gasteiger partial charge in [-0.1, -0.05) is 20.8 Å². The van der Waals surface area contributed by atoms with E-state index in [9.17, 15) is 20.0 Å². The van der Waals surface area contributed by atoms with E-state index >= 15 is 0 Å². The number of benzene rings is 1. The predicted molar refractivity (Wildman–Crippen MR) is 78.5 cm³/mol. The topological polar surface area (TPSA) is 89.7 Å². The minimum atomic E-state index is -1.10. The van der Waals surface area contributed by atoms with Crippen molar-refractivity contribution < 1.29 is 19.6 Å². The molecule has 1 aromatic carbocycles. The summed E-state index contributed by atoms with van der Waals surface area (Å²) in [6, 6.07) is 2.72. The van der Waals surface area contributed by atoms with Crippen LogP contribution in [0.25, 0.3) is 0 Å². The summed E-state index contributed by atoms with van der Waals surface area (Å²) >= 11 is 0. The number of ether oxygens (including phenoxy) is 1. The molecule has 6 nitrogen and oxygen atoms in total. The zero-order valence-corrected chi connectivity index (χ0v) is 13.2. The average Bonchev–Trinajstić information content (AvgIpc) is 2.35. The van der Waals surface area contributed by atoms with Crippen molar-refractivity contribution in [1.82, 2.24) is 0 Å². The molecule has 0 aliphatic carbocycles.